The normalized spacial score (nSPS) is 18.8. The molecule has 0 saturated carbocycles. The number of carbonyl (C=O) groups is 1. The quantitative estimate of drug-likeness (QED) is 0.0587. The predicted molar refractivity (Wildman–Crippen MR) is 237 cm³/mol. The summed E-state index contributed by atoms with van der Waals surface area (Å²) < 4.78 is 18.2. The third kappa shape index (κ3) is 12.1. The van der Waals surface area contributed by atoms with E-state index < -0.39 is 12.2 Å². The zero-order valence-corrected chi connectivity index (χ0v) is 35.3. The van der Waals surface area contributed by atoms with E-state index in [0.717, 1.165) is 70.8 Å². The summed E-state index contributed by atoms with van der Waals surface area (Å²) >= 11 is 0. The number of aryl methyl sites for hydroxylation is 3. The van der Waals surface area contributed by atoms with Gasteiger partial charge in [-0.2, -0.15) is 0 Å². The molecular formula is C51H61NO8. The molecule has 60 heavy (non-hydrogen) atoms. The lowest BCUT2D eigenvalue weighted by Gasteiger charge is -2.30. The largest absolute Gasteiger partial charge is 0.508 e. The van der Waals surface area contributed by atoms with Crippen LogP contribution in [0.1, 0.15) is 93.0 Å². The van der Waals surface area contributed by atoms with Gasteiger partial charge in [-0.3, -0.25) is 4.79 Å². The number of ether oxygens (including phenoxy) is 3. The number of fused-ring (bicyclic) bond motifs is 9. The number of Topliss-reactive ketones (excluding diaryl/α,β-unsaturated/α-hetero) is 1. The maximum Gasteiger partial charge on any atom is 0.161 e. The zero-order chi connectivity index (χ0) is 42.4. The van der Waals surface area contributed by atoms with E-state index >= 15 is 0 Å². The van der Waals surface area contributed by atoms with E-state index in [1.54, 1.807) is 14.0 Å². The first-order valence-electron chi connectivity index (χ1n) is 21.6. The van der Waals surface area contributed by atoms with Crippen molar-refractivity contribution in [1.29, 1.82) is 0 Å². The topological polar surface area (TPSA) is 138 Å². The summed E-state index contributed by atoms with van der Waals surface area (Å²) in [7, 11) is 1.62. The minimum absolute atomic E-state index is 0.0444. The molecule has 0 unspecified atom stereocenters. The van der Waals surface area contributed by atoms with Crippen LogP contribution in [0.5, 0.6) is 17.2 Å². The van der Waals surface area contributed by atoms with E-state index in [1.807, 2.05) is 54.6 Å². The molecule has 2 heterocycles. The van der Waals surface area contributed by atoms with E-state index in [2.05, 4.69) is 48.5 Å². The Morgan fingerprint density at radius 1 is 0.933 bits per heavy atom. The number of phenols is 1. The summed E-state index contributed by atoms with van der Waals surface area (Å²) in [5, 5.41) is 46.9. The fourth-order valence-electron chi connectivity index (χ4n) is 8.41. The van der Waals surface area contributed by atoms with Gasteiger partial charge in [0.15, 0.2) is 11.5 Å². The fraction of sp³-hybridized carbons (Fsp3) is 0.431. The van der Waals surface area contributed by atoms with Gasteiger partial charge >= 0.3 is 0 Å². The number of aromatic hydroxyl groups is 1. The van der Waals surface area contributed by atoms with Gasteiger partial charge in [0.1, 0.15) is 36.1 Å². The van der Waals surface area contributed by atoms with Crippen molar-refractivity contribution in [2.45, 2.75) is 110 Å². The zero-order valence-electron chi connectivity index (χ0n) is 35.3. The Labute approximate surface area is 355 Å². The van der Waals surface area contributed by atoms with Gasteiger partial charge in [0.05, 0.1) is 13.2 Å². The highest BCUT2D eigenvalue weighted by Crippen LogP contribution is 2.37. The van der Waals surface area contributed by atoms with E-state index in [0.29, 0.717) is 62.3 Å². The first kappa shape index (κ1) is 44.1. The molecule has 0 aromatic heterocycles. The number of aliphatic hydroxyl groups excluding tert-OH is 3. The number of unbranched alkanes of at least 4 members (excludes halogenated alkanes) is 1. The summed E-state index contributed by atoms with van der Waals surface area (Å²) in [5.41, 5.74) is 6.76. The second kappa shape index (κ2) is 21.7. The molecule has 0 fully saturated rings. The van der Waals surface area contributed by atoms with Gasteiger partial charge in [-0.15, -0.1) is 0 Å². The minimum Gasteiger partial charge on any atom is -0.508 e. The van der Waals surface area contributed by atoms with Crippen molar-refractivity contribution in [3.05, 3.63) is 118 Å². The van der Waals surface area contributed by atoms with Crippen LogP contribution in [0, 0.1) is 23.9 Å². The van der Waals surface area contributed by atoms with Crippen LogP contribution in [-0.4, -0.2) is 58.7 Å². The van der Waals surface area contributed by atoms with Crippen LogP contribution in [0.2, 0.25) is 0 Å². The van der Waals surface area contributed by atoms with Crippen LogP contribution in [0.15, 0.2) is 90.2 Å². The highest BCUT2D eigenvalue weighted by molar-refractivity contribution is 5.91. The lowest BCUT2D eigenvalue weighted by molar-refractivity contribution is -0.121. The van der Waals surface area contributed by atoms with Crippen LogP contribution in [0.25, 0.3) is 10.8 Å². The van der Waals surface area contributed by atoms with E-state index in [4.69, 9.17) is 14.2 Å². The molecule has 0 amide bonds. The number of phenolic OH excluding ortho intramolecular Hbond substituents is 1. The van der Waals surface area contributed by atoms with Gasteiger partial charge in [0.25, 0.3) is 0 Å². The van der Waals surface area contributed by atoms with Gasteiger partial charge in [-0.25, -0.2) is 0 Å². The number of methoxy groups -OCH3 is 1. The minimum atomic E-state index is -0.530. The Morgan fingerprint density at radius 3 is 2.58 bits per heavy atom. The second-order valence-electron chi connectivity index (χ2n) is 16.3. The van der Waals surface area contributed by atoms with Gasteiger partial charge in [-0.05, 0) is 151 Å². The summed E-state index contributed by atoms with van der Waals surface area (Å²) in [5.74, 6) is 4.83. The number of rotatable bonds is 15. The van der Waals surface area contributed by atoms with Gasteiger partial charge in [0.2, 0.25) is 0 Å². The fourth-order valence-corrected chi connectivity index (χ4v) is 8.41. The van der Waals surface area contributed by atoms with E-state index in [1.165, 1.54) is 5.56 Å². The smallest absolute Gasteiger partial charge is 0.161 e. The highest BCUT2D eigenvalue weighted by Gasteiger charge is 2.29. The maximum absolute atomic E-state index is 13.7. The third-order valence-electron chi connectivity index (χ3n) is 11.7. The van der Waals surface area contributed by atoms with E-state index in [9.17, 15) is 25.2 Å². The number of aliphatic hydroxyl groups is 3. The lowest BCUT2D eigenvalue weighted by Crippen LogP contribution is -2.25. The molecular weight excluding hydrogens is 755 g/mol. The molecule has 2 aliphatic heterocycles. The Morgan fingerprint density at radius 2 is 1.78 bits per heavy atom. The molecule has 4 aromatic rings. The predicted octanol–water partition coefficient (Wildman–Crippen LogP) is 9.47. The number of hydrogen-bond acceptors (Lipinski definition) is 9. The number of anilines is 1. The van der Waals surface area contributed by atoms with Crippen LogP contribution >= 0.6 is 0 Å². The summed E-state index contributed by atoms with van der Waals surface area (Å²) in [6, 6.07) is 22.1. The molecule has 318 valence electrons. The molecule has 0 spiro atoms. The van der Waals surface area contributed by atoms with Crippen LogP contribution < -0.4 is 14.8 Å². The van der Waals surface area contributed by atoms with Crippen LogP contribution in [0.3, 0.4) is 0 Å². The Balaban J connectivity index is 1.24. The first-order valence-corrected chi connectivity index (χ1v) is 21.6. The van der Waals surface area contributed by atoms with Gasteiger partial charge in [-0.1, -0.05) is 55.7 Å². The Kier molecular flexibility index (Phi) is 16.0. The van der Waals surface area contributed by atoms with Crippen molar-refractivity contribution in [3.8, 4) is 29.3 Å². The number of hydrogen-bond donors (Lipinski definition) is 5. The maximum atomic E-state index is 13.7. The van der Waals surface area contributed by atoms with Crippen molar-refractivity contribution >= 4 is 22.2 Å². The summed E-state index contributed by atoms with van der Waals surface area (Å²) in [6.45, 7) is 4.69. The van der Waals surface area contributed by atoms with Gasteiger partial charge in [0, 0.05) is 43.7 Å². The SMILES string of the molecule is CCc1cc(O)c2c3ccc(cc13)COc1cc(ccc1OC)CCC(=O)C[C@H](C[C@@H]1C=C(O)C(CCCO)=C[C@@H]1CCCCc1cccc(NC[C@H](C)O)c1)OC#CC2. The second-order valence-corrected chi connectivity index (χ2v) is 16.3. The molecule has 0 radical (unpaired) electrons. The molecule has 0 saturated heterocycles. The molecule has 1 aliphatic carbocycles. The molecule has 3 aliphatic rings. The van der Waals surface area contributed by atoms with Crippen LogP contribution in [-0.2, 0) is 41.8 Å². The molecule has 4 aromatic carbocycles. The van der Waals surface area contributed by atoms with E-state index in [-0.39, 0.29) is 48.6 Å². The Hall–Kier alpha value is -5.43. The number of ketones is 1. The van der Waals surface area contributed by atoms with Crippen molar-refractivity contribution in [3.63, 3.8) is 0 Å². The lowest BCUT2D eigenvalue weighted by atomic mass is 9.77. The van der Waals surface area contributed by atoms with Crippen molar-refractivity contribution < 1.29 is 39.4 Å². The monoisotopic (exact) mass is 815 g/mol. The number of nitrogens with one attached hydrogen (secondary N) is 1. The highest BCUT2D eigenvalue weighted by atomic mass is 16.5. The molecule has 7 rings (SSSR count). The molecule has 5 N–H and O–H groups in total. The number of allylic oxidation sites excluding steroid dienone is 3. The average molecular weight is 816 g/mol. The average Bonchev–Trinajstić information content (AvgIpc) is 3.24. The third-order valence-corrected chi connectivity index (χ3v) is 11.7. The number of benzene rings is 4. The molecule has 9 heteroatoms. The van der Waals surface area contributed by atoms with Crippen molar-refractivity contribution in [2.24, 2.45) is 11.8 Å². The number of carbonyl (C=O) groups excluding carboxylic acids is 1. The molecule has 6 bridgehead atoms. The Bertz CT molecular complexity index is 2210. The summed E-state index contributed by atoms with van der Waals surface area (Å²) in [6.07, 6.45) is 13.4. The van der Waals surface area contributed by atoms with Crippen LogP contribution in [0.4, 0.5) is 5.69 Å². The van der Waals surface area contributed by atoms with Crippen molar-refractivity contribution in [2.75, 3.05) is 25.6 Å². The van der Waals surface area contributed by atoms with Gasteiger partial charge < -0.3 is 40.0 Å². The summed E-state index contributed by atoms with van der Waals surface area (Å²) in [4.78, 5) is 13.7. The van der Waals surface area contributed by atoms with Crippen molar-refractivity contribution in [1.82, 2.24) is 0 Å². The molecule has 4 atom stereocenters. The first-order chi connectivity index (χ1) is 29.1. The standard InChI is InChI=1S/C51H61NO8/c1-4-38-29-49(57)46-15-9-23-59-44(31-43(55)19-16-36-18-21-50(58-3)51(26-36)60-33-37-17-20-45(46)47(38)25-37)28-41-30-48(56)40(13-8-22-53)27-39(41)12-6-5-10-35-11-7-14-42(24-35)52-32-34(2)54/h7,11,14,17-18,20-21,24-27,29-30,34,39,41,44,52-54,56-57H,4-6,8,10,12-13,15-16,19,22,28,31-33H2,1-3H3/t34-,39-,41+,44-/m0/s1. The molecule has 9 nitrogen and oxygen atoms in total.